The molecule has 2 aromatic rings. The highest BCUT2D eigenvalue weighted by molar-refractivity contribution is 14.1. The zero-order chi connectivity index (χ0) is 17.1. The number of nitrogens with zero attached hydrogens (tertiary/aromatic N) is 1. The van der Waals surface area contributed by atoms with Gasteiger partial charge in [-0.3, -0.25) is 0 Å². The molecule has 23 heavy (non-hydrogen) atoms. The van der Waals surface area contributed by atoms with Crippen LogP contribution >= 0.6 is 45.2 Å². The third-order valence-corrected chi connectivity index (χ3v) is 4.88. The Labute approximate surface area is 159 Å². The molecule has 0 aliphatic carbocycles. The van der Waals surface area contributed by atoms with Crippen LogP contribution in [0.5, 0.6) is 5.75 Å². The number of hydrogen-bond acceptors (Lipinski definition) is 4. The summed E-state index contributed by atoms with van der Waals surface area (Å²) in [6.07, 6.45) is 0. The molecule has 5 nitrogen and oxygen atoms in total. The fourth-order valence-corrected chi connectivity index (χ4v) is 3.57. The molecule has 0 amide bonds. The van der Waals surface area contributed by atoms with E-state index >= 15 is 0 Å². The maximum absolute atomic E-state index is 14.7. The van der Waals surface area contributed by atoms with E-state index in [0.29, 0.717) is 20.0 Å². The SMILES string of the molecule is COc1c(CI)ccc(-c2cc(N)c(CI)c(C(=O)O)n2)c1F. The second-order valence-electron chi connectivity index (χ2n) is 4.62. The third-order valence-electron chi connectivity index (χ3n) is 3.30. The van der Waals surface area contributed by atoms with Crippen LogP contribution in [0.2, 0.25) is 0 Å². The van der Waals surface area contributed by atoms with Gasteiger partial charge in [0.25, 0.3) is 0 Å². The molecule has 3 N–H and O–H groups in total. The maximum atomic E-state index is 14.7. The average molecular weight is 542 g/mol. The van der Waals surface area contributed by atoms with Crippen molar-refractivity contribution >= 4 is 56.8 Å². The molecule has 8 heteroatoms. The van der Waals surface area contributed by atoms with Gasteiger partial charge in [-0.05, 0) is 12.1 Å². The summed E-state index contributed by atoms with van der Waals surface area (Å²) in [4.78, 5) is 15.5. The normalized spacial score (nSPS) is 10.6. The lowest BCUT2D eigenvalue weighted by Gasteiger charge is -2.13. The van der Waals surface area contributed by atoms with Crippen LogP contribution in [-0.2, 0) is 8.86 Å². The van der Waals surface area contributed by atoms with Gasteiger partial charge in [0.05, 0.1) is 12.8 Å². The number of rotatable bonds is 5. The smallest absolute Gasteiger partial charge is 0.354 e. The molecule has 0 unspecified atom stereocenters. The molecule has 2 rings (SSSR count). The van der Waals surface area contributed by atoms with E-state index in [9.17, 15) is 14.3 Å². The van der Waals surface area contributed by atoms with E-state index in [1.165, 1.54) is 13.2 Å². The lowest BCUT2D eigenvalue weighted by Crippen LogP contribution is -2.09. The van der Waals surface area contributed by atoms with Crippen LogP contribution in [0.15, 0.2) is 18.2 Å². The highest BCUT2D eigenvalue weighted by atomic mass is 127. The number of pyridine rings is 1. The first-order chi connectivity index (χ1) is 10.9. The van der Waals surface area contributed by atoms with Gasteiger partial charge in [-0.2, -0.15) is 0 Å². The van der Waals surface area contributed by atoms with Crippen LogP contribution in [-0.4, -0.2) is 23.2 Å². The van der Waals surface area contributed by atoms with Gasteiger partial charge in [0.1, 0.15) is 0 Å². The third kappa shape index (κ3) is 3.52. The Morgan fingerprint density at radius 2 is 2.09 bits per heavy atom. The molecule has 0 radical (unpaired) electrons. The second-order valence-corrected chi connectivity index (χ2v) is 6.14. The van der Waals surface area contributed by atoms with Crippen LogP contribution in [0.1, 0.15) is 21.6 Å². The summed E-state index contributed by atoms with van der Waals surface area (Å²) in [6, 6.07) is 4.78. The quantitative estimate of drug-likeness (QED) is 0.441. The second kappa shape index (κ2) is 7.60. The Balaban J connectivity index is 2.70. The summed E-state index contributed by atoms with van der Waals surface area (Å²) in [7, 11) is 1.39. The van der Waals surface area contributed by atoms with E-state index in [1.54, 1.807) is 12.1 Å². The minimum absolute atomic E-state index is 0.132. The molecule has 0 bridgehead atoms. The minimum atomic E-state index is -1.19. The summed E-state index contributed by atoms with van der Waals surface area (Å²) in [5.41, 5.74) is 7.51. The molecule has 0 spiro atoms. The lowest BCUT2D eigenvalue weighted by atomic mass is 10.0. The largest absolute Gasteiger partial charge is 0.493 e. The van der Waals surface area contributed by atoms with Gasteiger partial charge < -0.3 is 15.6 Å². The van der Waals surface area contributed by atoms with Crippen LogP contribution in [0.4, 0.5) is 10.1 Å². The van der Waals surface area contributed by atoms with Gasteiger partial charge in [-0.25, -0.2) is 14.2 Å². The first kappa shape index (κ1) is 18.2. The van der Waals surface area contributed by atoms with Crippen LogP contribution in [0.3, 0.4) is 0 Å². The van der Waals surface area contributed by atoms with Gasteiger partial charge in [0.2, 0.25) is 0 Å². The minimum Gasteiger partial charge on any atom is -0.493 e. The molecule has 0 aliphatic heterocycles. The highest BCUT2D eigenvalue weighted by Gasteiger charge is 2.20. The number of nitrogens with two attached hydrogens (primary N) is 1. The van der Waals surface area contributed by atoms with Crippen molar-refractivity contribution in [3.05, 3.63) is 40.8 Å². The van der Waals surface area contributed by atoms with Crippen molar-refractivity contribution in [2.45, 2.75) is 8.86 Å². The Hall–Kier alpha value is -1.17. The van der Waals surface area contributed by atoms with E-state index in [1.807, 2.05) is 22.6 Å². The zero-order valence-corrected chi connectivity index (χ0v) is 16.4. The van der Waals surface area contributed by atoms with Crippen molar-refractivity contribution in [1.82, 2.24) is 4.98 Å². The number of alkyl halides is 2. The number of ether oxygens (including phenoxy) is 1. The van der Waals surface area contributed by atoms with E-state index in [0.717, 1.165) is 0 Å². The van der Waals surface area contributed by atoms with Gasteiger partial charge in [0, 0.05) is 31.2 Å². The Morgan fingerprint density at radius 1 is 1.39 bits per heavy atom. The number of carboxylic acids is 1. The molecule has 0 fully saturated rings. The van der Waals surface area contributed by atoms with Crippen LogP contribution in [0.25, 0.3) is 11.3 Å². The highest BCUT2D eigenvalue weighted by Crippen LogP contribution is 2.34. The first-order valence-electron chi connectivity index (χ1n) is 6.44. The van der Waals surface area contributed by atoms with E-state index < -0.39 is 11.8 Å². The summed E-state index contributed by atoms with van der Waals surface area (Å²) in [5.74, 6) is -1.64. The number of carboxylic acid groups (broad SMARTS) is 1. The molecular weight excluding hydrogens is 529 g/mol. The number of anilines is 1. The van der Waals surface area contributed by atoms with Crippen LogP contribution in [0, 0.1) is 5.82 Å². The van der Waals surface area contributed by atoms with Gasteiger partial charge in [-0.15, -0.1) is 0 Å². The van der Waals surface area contributed by atoms with Crippen LogP contribution < -0.4 is 10.5 Å². The van der Waals surface area contributed by atoms with Crippen molar-refractivity contribution in [3.63, 3.8) is 0 Å². The van der Waals surface area contributed by atoms with Crippen molar-refractivity contribution < 1.29 is 19.0 Å². The molecule has 122 valence electrons. The Kier molecular flexibility index (Phi) is 6.00. The number of nitrogen functional groups attached to an aromatic ring is 1. The Morgan fingerprint density at radius 3 is 2.61 bits per heavy atom. The topological polar surface area (TPSA) is 85.4 Å². The molecule has 1 heterocycles. The summed E-state index contributed by atoms with van der Waals surface area (Å²) in [5, 5.41) is 9.30. The molecule has 1 aromatic heterocycles. The lowest BCUT2D eigenvalue weighted by molar-refractivity contribution is 0.0690. The molecule has 1 aromatic carbocycles. The number of halogens is 3. The number of hydrogen-bond donors (Lipinski definition) is 2. The number of carbonyl (C=O) groups is 1. The molecule has 0 aliphatic rings. The van der Waals surface area contributed by atoms with E-state index in [-0.39, 0.29) is 28.4 Å². The zero-order valence-electron chi connectivity index (χ0n) is 12.1. The average Bonchev–Trinajstić information content (AvgIpc) is 2.53. The fourth-order valence-electron chi connectivity index (χ4n) is 2.17. The standard InChI is InChI=1S/C15H13FI2N2O3/c1-23-14-7(5-17)2-3-8(12(14)16)11-4-10(19)9(6-18)13(20-11)15(21)22/h2-4H,5-6H2,1H3,(H2,19,20)(H,21,22). The summed E-state index contributed by atoms with van der Waals surface area (Å²) < 4.78 is 20.8. The Bertz CT molecular complexity index is 769. The fraction of sp³-hybridized carbons (Fsp3) is 0.200. The molecular formula is C15H13FI2N2O3. The predicted molar refractivity (Wildman–Crippen MR) is 103 cm³/mol. The van der Waals surface area contributed by atoms with Crippen molar-refractivity contribution in [2.24, 2.45) is 0 Å². The van der Waals surface area contributed by atoms with Gasteiger partial charge in [0.15, 0.2) is 17.3 Å². The van der Waals surface area contributed by atoms with Crippen molar-refractivity contribution in [2.75, 3.05) is 12.8 Å². The number of methoxy groups -OCH3 is 1. The number of benzene rings is 1. The molecule has 0 atom stereocenters. The molecule has 0 saturated heterocycles. The summed E-state index contributed by atoms with van der Waals surface area (Å²) >= 11 is 4.13. The summed E-state index contributed by atoms with van der Waals surface area (Å²) in [6.45, 7) is 0. The monoisotopic (exact) mass is 542 g/mol. The van der Waals surface area contributed by atoms with Crippen molar-refractivity contribution in [3.8, 4) is 17.0 Å². The van der Waals surface area contributed by atoms with Gasteiger partial charge >= 0.3 is 5.97 Å². The predicted octanol–water partition coefficient (Wildman–Crippen LogP) is 4.05. The maximum Gasteiger partial charge on any atom is 0.354 e. The number of aromatic nitrogens is 1. The van der Waals surface area contributed by atoms with Gasteiger partial charge in [-0.1, -0.05) is 51.2 Å². The van der Waals surface area contributed by atoms with E-state index in [2.05, 4.69) is 27.6 Å². The van der Waals surface area contributed by atoms with Crippen molar-refractivity contribution in [1.29, 1.82) is 0 Å². The molecule has 0 saturated carbocycles. The first-order valence-corrected chi connectivity index (χ1v) is 9.50. The number of aromatic carboxylic acids is 1. The van der Waals surface area contributed by atoms with E-state index in [4.69, 9.17) is 10.5 Å².